The Kier molecular flexibility index (Phi) is 2.66. The first-order valence-corrected chi connectivity index (χ1v) is 4.72. The van der Waals surface area contributed by atoms with Gasteiger partial charge in [0.15, 0.2) is 0 Å². The van der Waals surface area contributed by atoms with Gasteiger partial charge in [0.25, 0.3) is 0 Å². The fourth-order valence-electron chi connectivity index (χ4n) is 1.31. The molecule has 0 aliphatic heterocycles. The molecule has 2 rings (SSSR count). The third-order valence-electron chi connectivity index (χ3n) is 1.99. The minimum atomic E-state index is 0.479. The van der Waals surface area contributed by atoms with Gasteiger partial charge < -0.3 is 0 Å². The van der Waals surface area contributed by atoms with Crippen LogP contribution in [-0.4, -0.2) is 4.98 Å². The molecule has 0 atom stereocenters. The minimum Gasteiger partial charge on any atom is -0.255 e. The van der Waals surface area contributed by atoms with E-state index >= 15 is 0 Å². The monoisotopic (exact) mass is 213 g/mol. The number of nitrogens with zero attached hydrogens (tertiary/aromatic N) is 2. The molecule has 0 spiro atoms. The van der Waals surface area contributed by atoms with Crippen molar-refractivity contribution < 1.29 is 0 Å². The van der Waals surface area contributed by atoms with E-state index in [1.54, 1.807) is 24.4 Å². The van der Waals surface area contributed by atoms with Gasteiger partial charge in [-0.05, 0) is 12.1 Å². The highest BCUT2D eigenvalue weighted by atomic mass is 35.5. The summed E-state index contributed by atoms with van der Waals surface area (Å²) in [5.74, 6) is 0. The molecule has 0 unspecified atom stereocenters. The molecular formula is C12H6ClN2. The van der Waals surface area contributed by atoms with Gasteiger partial charge in [-0.25, -0.2) is 0 Å². The van der Waals surface area contributed by atoms with E-state index in [9.17, 15) is 0 Å². The summed E-state index contributed by atoms with van der Waals surface area (Å²) in [4.78, 5) is 4.15. The van der Waals surface area contributed by atoms with Gasteiger partial charge in [0.2, 0.25) is 0 Å². The third-order valence-corrected chi connectivity index (χ3v) is 2.30. The van der Waals surface area contributed by atoms with Crippen LogP contribution in [0, 0.1) is 17.4 Å². The summed E-state index contributed by atoms with van der Waals surface area (Å²) < 4.78 is 0. The van der Waals surface area contributed by atoms with Crippen molar-refractivity contribution in [2.75, 3.05) is 0 Å². The Hall–Kier alpha value is -1.85. The van der Waals surface area contributed by atoms with E-state index in [0.717, 1.165) is 5.56 Å². The Morgan fingerprint density at radius 3 is 2.93 bits per heavy atom. The molecule has 1 aromatic heterocycles. The number of rotatable bonds is 1. The summed E-state index contributed by atoms with van der Waals surface area (Å²) in [7, 11) is 0. The smallest absolute Gasteiger partial charge is 0.101 e. The van der Waals surface area contributed by atoms with E-state index in [1.807, 2.05) is 12.1 Å². The predicted octanol–water partition coefficient (Wildman–Crippen LogP) is 3.07. The quantitative estimate of drug-likeness (QED) is 0.730. The first kappa shape index (κ1) is 9.70. The van der Waals surface area contributed by atoms with E-state index in [0.29, 0.717) is 16.3 Å². The normalized spacial score (nSPS) is 9.60. The molecule has 15 heavy (non-hydrogen) atoms. The van der Waals surface area contributed by atoms with Crippen LogP contribution in [0.1, 0.15) is 5.56 Å². The van der Waals surface area contributed by atoms with Crippen molar-refractivity contribution in [3.8, 4) is 17.3 Å². The number of hydrogen-bond donors (Lipinski definition) is 0. The first-order valence-electron chi connectivity index (χ1n) is 4.34. The molecule has 0 bridgehead atoms. The summed E-state index contributed by atoms with van der Waals surface area (Å²) in [6.07, 6.45) is 1.64. The fraction of sp³-hybridized carbons (Fsp3) is 0. The topological polar surface area (TPSA) is 36.7 Å². The zero-order valence-electron chi connectivity index (χ0n) is 7.74. The molecule has 1 heterocycles. The van der Waals surface area contributed by atoms with E-state index in [1.165, 1.54) is 0 Å². The molecule has 0 aliphatic rings. The highest BCUT2D eigenvalue weighted by molar-refractivity contribution is 6.33. The maximum atomic E-state index is 8.93. The fourth-order valence-corrected chi connectivity index (χ4v) is 1.53. The van der Waals surface area contributed by atoms with Crippen molar-refractivity contribution >= 4 is 11.6 Å². The Morgan fingerprint density at radius 2 is 2.20 bits per heavy atom. The number of benzene rings is 1. The molecule has 71 valence electrons. The zero-order chi connectivity index (χ0) is 10.7. The molecule has 1 aromatic carbocycles. The van der Waals surface area contributed by atoms with Gasteiger partial charge >= 0.3 is 0 Å². The minimum absolute atomic E-state index is 0.479. The molecule has 0 saturated carbocycles. The number of hydrogen-bond acceptors (Lipinski definition) is 2. The van der Waals surface area contributed by atoms with E-state index in [-0.39, 0.29) is 0 Å². The molecule has 0 aliphatic carbocycles. The molecule has 2 nitrogen and oxygen atoms in total. The molecule has 2 aromatic rings. The molecule has 0 amide bonds. The Labute approximate surface area is 92.8 Å². The van der Waals surface area contributed by atoms with E-state index < -0.39 is 0 Å². The second kappa shape index (κ2) is 4.12. The van der Waals surface area contributed by atoms with Crippen molar-refractivity contribution in [2.24, 2.45) is 0 Å². The van der Waals surface area contributed by atoms with Gasteiger partial charge in [-0.2, -0.15) is 5.26 Å². The van der Waals surface area contributed by atoms with E-state index in [2.05, 4.69) is 17.1 Å². The lowest BCUT2D eigenvalue weighted by molar-refractivity contribution is 1.30. The Morgan fingerprint density at radius 1 is 1.33 bits per heavy atom. The van der Waals surface area contributed by atoms with Crippen LogP contribution in [0.2, 0.25) is 5.02 Å². The van der Waals surface area contributed by atoms with Crippen molar-refractivity contribution in [1.82, 2.24) is 4.98 Å². The maximum absolute atomic E-state index is 8.93. The van der Waals surface area contributed by atoms with E-state index in [4.69, 9.17) is 16.9 Å². The van der Waals surface area contributed by atoms with Crippen molar-refractivity contribution in [3.63, 3.8) is 0 Å². The molecule has 0 fully saturated rings. The number of pyridine rings is 1. The van der Waals surface area contributed by atoms with Crippen LogP contribution >= 0.6 is 11.6 Å². The lowest BCUT2D eigenvalue weighted by atomic mass is 10.1. The average molecular weight is 214 g/mol. The van der Waals surface area contributed by atoms with Crippen LogP contribution in [-0.2, 0) is 0 Å². The van der Waals surface area contributed by atoms with Gasteiger partial charge in [0, 0.05) is 17.8 Å². The second-order valence-electron chi connectivity index (χ2n) is 2.91. The van der Waals surface area contributed by atoms with Gasteiger partial charge in [-0.15, -0.1) is 0 Å². The van der Waals surface area contributed by atoms with Gasteiger partial charge in [-0.1, -0.05) is 29.8 Å². The highest BCUT2D eigenvalue weighted by Gasteiger charge is 2.08. The van der Waals surface area contributed by atoms with Crippen LogP contribution in [0.4, 0.5) is 0 Å². The van der Waals surface area contributed by atoms with Crippen molar-refractivity contribution in [2.45, 2.75) is 0 Å². The molecule has 3 heteroatoms. The first-order chi connectivity index (χ1) is 7.33. The van der Waals surface area contributed by atoms with Crippen molar-refractivity contribution in [3.05, 3.63) is 53.2 Å². The lowest BCUT2D eigenvalue weighted by Crippen LogP contribution is -1.88. The number of aromatic nitrogens is 1. The molecule has 0 N–H and O–H groups in total. The summed E-state index contributed by atoms with van der Waals surface area (Å²) in [6, 6.07) is 13.8. The highest BCUT2D eigenvalue weighted by Crippen LogP contribution is 2.27. The Balaban J connectivity index is 2.65. The SMILES string of the molecule is N#Cc1cccnc1-c1ccc[c]c1Cl. The summed E-state index contributed by atoms with van der Waals surface area (Å²) in [5.41, 5.74) is 1.84. The number of nitriles is 1. The second-order valence-corrected chi connectivity index (χ2v) is 3.29. The standard InChI is InChI=1S/C12H6ClN2/c13-11-6-2-1-5-10(11)12-9(8-14)4-3-7-15-12/h1-5,7H. The predicted molar refractivity (Wildman–Crippen MR) is 58.2 cm³/mol. The van der Waals surface area contributed by atoms with Gasteiger partial charge in [0.05, 0.1) is 16.3 Å². The Bertz CT molecular complexity index is 529. The average Bonchev–Trinajstić information content (AvgIpc) is 2.30. The largest absolute Gasteiger partial charge is 0.255 e. The summed E-state index contributed by atoms with van der Waals surface area (Å²) >= 11 is 5.98. The lowest BCUT2D eigenvalue weighted by Gasteiger charge is -2.03. The molecule has 0 saturated heterocycles. The molecular weight excluding hydrogens is 208 g/mol. The van der Waals surface area contributed by atoms with Crippen molar-refractivity contribution in [1.29, 1.82) is 5.26 Å². The summed E-state index contributed by atoms with van der Waals surface area (Å²) in [5, 5.41) is 9.41. The number of halogens is 1. The zero-order valence-corrected chi connectivity index (χ0v) is 8.49. The van der Waals surface area contributed by atoms with Gasteiger partial charge in [0.1, 0.15) is 6.07 Å². The van der Waals surface area contributed by atoms with Gasteiger partial charge in [-0.3, -0.25) is 4.98 Å². The maximum Gasteiger partial charge on any atom is 0.101 e. The van der Waals surface area contributed by atoms with Crippen LogP contribution in [0.5, 0.6) is 0 Å². The van der Waals surface area contributed by atoms with Crippen LogP contribution < -0.4 is 0 Å². The summed E-state index contributed by atoms with van der Waals surface area (Å²) in [6.45, 7) is 0. The van der Waals surface area contributed by atoms with Crippen LogP contribution in [0.3, 0.4) is 0 Å². The van der Waals surface area contributed by atoms with Crippen LogP contribution in [0.15, 0.2) is 36.5 Å². The van der Waals surface area contributed by atoms with Crippen LogP contribution in [0.25, 0.3) is 11.3 Å². The molecule has 1 radical (unpaired) electrons. The third kappa shape index (κ3) is 1.83.